The quantitative estimate of drug-likeness (QED) is 0.258. The Balaban J connectivity index is 4.95. The lowest BCUT2D eigenvalue weighted by Crippen LogP contribution is -2.54. The van der Waals surface area contributed by atoms with Crippen molar-refractivity contribution in [1.82, 2.24) is 0 Å². The molecule has 0 spiro atoms. The first-order valence-electron chi connectivity index (χ1n) is 5.05. The number of carbonyl (C=O) groups excluding carboxylic acids is 3. The second kappa shape index (κ2) is 6.75. The summed E-state index contributed by atoms with van der Waals surface area (Å²) >= 11 is 0. The second-order valence-electron chi connectivity index (χ2n) is 3.85. The summed E-state index contributed by atoms with van der Waals surface area (Å²) in [5, 5.41) is 0. The van der Waals surface area contributed by atoms with Crippen LogP contribution in [0.4, 0.5) is 0 Å². The van der Waals surface area contributed by atoms with Crippen LogP contribution < -0.4 is 5.73 Å². The third-order valence-electron chi connectivity index (χ3n) is 2.14. The molecule has 0 bridgehead atoms. The Hall–Kier alpha value is -1.13. The zero-order valence-electron chi connectivity index (χ0n) is 10.5. The largest absolute Gasteiger partial charge is 0.527 e. The van der Waals surface area contributed by atoms with E-state index < -0.39 is 51.7 Å². The zero-order valence-corrected chi connectivity index (χ0v) is 12.3. The van der Waals surface area contributed by atoms with Gasteiger partial charge in [-0.1, -0.05) is 0 Å². The summed E-state index contributed by atoms with van der Waals surface area (Å²) in [6.07, 6.45) is -1.71. The van der Waals surface area contributed by atoms with Crippen molar-refractivity contribution in [2.45, 2.75) is 25.3 Å². The van der Waals surface area contributed by atoms with Crippen molar-refractivity contribution in [2.75, 3.05) is 0 Å². The van der Waals surface area contributed by atoms with E-state index in [9.17, 15) is 23.5 Å². The predicted molar refractivity (Wildman–Crippen MR) is 63.1 cm³/mol. The van der Waals surface area contributed by atoms with Crippen molar-refractivity contribution >= 4 is 33.4 Å². The molecule has 0 fully saturated rings. The average molecular weight is 349 g/mol. The van der Waals surface area contributed by atoms with E-state index in [-0.39, 0.29) is 0 Å². The number of ketones is 1. The lowest BCUT2D eigenvalue weighted by atomic mass is 9.91. The van der Waals surface area contributed by atoms with Crippen molar-refractivity contribution in [3.63, 3.8) is 0 Å². The van der Waals surface area contributed by atoms with Gasteiger partial charge in [-0.3, -0.25) is 29.2 Å². The van der Waals surface area contributed by atoms with Gasteiger partial charge in [0.25, 0.3) is 0 Å². The number of phosphoric acid groups is 2. The van der Waals surface area contributed by atoms with Gasteiger partial charge in [-0.15, -0.1) is 0 Å². The molecular formula is C7H13NO11P2. The van der Waals surface area contributed by atoms with Crippen molar-refractivity contribution in [1.29, 1.82) is 0 Å². The maximum absolute atomic E-state index is 11.5. The predicted octanol–water partition coefficient (Wildman–Crippen LogP) is -1.68. The highest BCUT2D eigenvalue weighted by Crippen LogP contribution is 2.39. The highest BCUT2D eigenvalue weighted by molar-refractivity contribution is 7.47. The van der Waals surface area contributed by atoms with Gasteiger partial charge in [0, 0.05) is 6.42 Å². The third-order valence-corrected chi connectivity index (χ3v) is 2.98. The van der Waals surface area contributed by atoms with Crippen LogP contribution in [0, 0.1) is 0 Å². The zero-order chi connectivity index (χ0) is 17.1. The summed E-state index contributed by atoms with van der Waals surface area (Å²) in [5.41, 5.74) is 2.76. The van der Waals surface area contributed by atoms with Crippen LogP contribution in [0.25, 0.3) is 0 Å². The fraction of sp³-hybridized carbons (Fsp3) is 0.571. The normalized spacial score (nSPS) is 15.0. The van der Waals surface area contributed by atoms with E-state index in [1.165, 1.54) is 0 Å². The second-order valence-corrected chi connectivity index (χ2v) is 6.18. The summed E-state index contributed by atoms with van der Waals surface area (Å²) in [7, 11) is -10.4. The monoisotopic (exact) mass is 349 g/mol. The molecule has 0 aromatic heterocycles. The molecule has 0 saturated heterocycles. The van der Waals surface area contributed by atoms with Crippen LogP contribution in [0.3, 0.4) is 0 Å². The van der Waals surface area contributed by atoms with E-state index in [1.54, 1.807) is 0 Å². The standard InChI is InChI=1S/C7H13NO11P2/c1-4(9)7(8,6(11)19-21(15,16)17)3-2-5(10)18-20(12,13)14/h2-3,8H2,1H3,(H2,12,13,14)(H2,15,16,17). The molecule has 0 aliphatic carbocycles. The Kier molecular flexibility index (Phi) is 6.39. The topological polar surface area (TPSA) is 211 Å². The van der Waals surface area contributed by atoms with Gasteiger partial charge >= 0.3 is 27.6 Å². The molecule has 0 aromatic rings. The minimum absolute atomic E-state index is 0.801. The maximum Gasteiger partial charge on any atom is 0.527 e. The van der Waals surface area contributed by atoms with Crippen LogP contribution in [0.2, 0.25) is 0 Å². The first kappa shape index (κ1) is 19.9. The van der Waals surface area contributed by atoms with Gasteiger partial charge in [-0.25, -0.2) is 13.9 Å². The summed E-state index contributed by atoms with van der Waals surface area (Å²) in [6.45, 7) is 0.801. The molecule has 21 heavy (non-hydrogen) atoms. The molecule has 1 unspecified atom stereocenters. The van der Waals surface area contributed by atoms with Crippen molar-refractivity contribution < 1.29 is 52.1 Å². The summed E-state index contributed by atoms with van der Waals surface area (Å²) in [5.74, 6) is -4.33. The SMILES string of the molecule is CC(=O)C(N)(CCC(=O)OP(=O)(O)O)C(=O)OP(=O)(O)O. The first-order chi connectivity index (χ1) is 9.17. The van der Waals surface area contributed by atoms with Gasteiger partial charge < -0.3 is 14.8 Å². The first-order valence-corrected chi connectivity index (χ1v) is 8.11. The molecule has 12 nitrogen and oxygen atoms in total. The third kappa shape index (κ3) is 7.44. The Morgan fingerprint density at radius 3 is 1.81 bits per heavy atom. The maximum atomic E-state index is 11.5. The molecule has 14 heteroatoms. The van der Waals surface area contributed by atoms with Crippen molar-refractivity contribution in [3.05, 3.63) is 0 Å². The van der Waals surface area contributed by atoms with Gasteiger partial charge in [0.05, 0.1) is 0 Å². The fourth-order valence-corrected chi connectivity index (χ4v) is 1.82. The number of hydrogen-bond donors (Lipinski definition) is 5. The molecule has 0 amide bonds. The van der Waals surface area contributed by atoms with Crippen molar-refractivity contribution in [3.8, 4) is 0 Å². The molecule has 1 atom stereocenters. The molecule has 6 N–H and O–H groups in total. The Labute approximate surface area is 117 Å². The van der Waals surface area contributed by atoms with Gasteiger partial charge in [-0.2, -0.15) is 0 Å². The van der Waals surface area contributed by atoms with Gasteiger partial charge in [0.15, 0.2) is 11.3 Å². The Bertz CT molecular complexity index is 533. The van der Waals surface area contributed by atoms with Crippen molar-refractivity contribution in [2.24, 2.45) is 5.73 Å². The number of phosphoric ester groups is 2. The number of Topliss-reactive ketones (excluding diaryl/α,β-unsaturated/α-hetero) is 1. The number of carbonyl (C=O) groups is 3. The minimum atomic E-state index is -5.26. The van der Waals surface area contributed by atoms with Crippen LogP contribution >= 0.6 is 15.6 Å². The van der Waals surface area contributed by atoms with Crippen LogP contribution in [0.1, 0.15) is 19.8 Å². The van der Waals surface area contributed by atoms with E-state index >= 15 is 0 Å². The minimum Gasteiger partial charge on any atom is -0.371 e. The number of hydrogen-bond acceptors (Lipinski definition) is 8. The molecule has 0 aliphatic rings. The summed E-state index contributed by atoms with van der Waals surface area (Å²) < 4.78 is 28.2. The van der Waals surface area contributed by atoms with E-state index in [2.05, 4.69) is 9.05 Å². The molecule has 0 aliphatic heterocycles. The molecule has 0 saturated carbocycles. The van der Waals surface area contributed by atoms with Crippen LogP contribution in [-0.2, 0) is 32.6 Å². The van der Waals surface area contributed by atoms with E-state index in [4.69, 9.17) is 25.3 Å². The van der Waals surface area contributed by atoms with E-state index in [1.807, 2.05) is 0 Å². The number of nitrogens with two attached hydrogens (primary N) is 1. The van der Waals surface area contributed by atoms with Gasteiger partial charge in [0.1, 0.15) is 0 Å². The molecule has 0 rings (SSSR count). The average Bonchev–Trinajstić information content (AvgIpc) is 2.20. The van der Waals surface area contributed by atoms with Crippen LogP contribution in [-0.4, -0.2) is 42.8 Å². The Morgan fingerprint density at radius 2 is 1.48 bits per heavy atom. The highest BCUT2D eigenvalue weighted by Gasteiger charge is 2.44. The highest BCUT2D eigenvalue weighted by atomic mass is 31.2. The van der Waals surface area contributed by atoms with Crippen LogP contribution in [0.5, 0.6) is 0 Å². The lowest BCUT2D eigenvalue weighted by Gasteiger charge is -2.23. The smallest absolute Gasteiger partial charge is 0.371 e. The molecule has 122 valence electrons. The molecule has 0 radical (unpaired) electrons. The van der Waals surface area contributed by atoms with Gasteiger partial charge in [0.2, 0.25) is 0 Å². The van der Waals surface area contributed by atoms with E-state index in [0.29, 0.717) is 0 Å². The summed E-state index contributed by atoms with van der Waals surface area (Å²) in [6, 6.07) is 0. The fourth-order valence-electron chi connectivity index (χ4n) is 1.09. The van der Waals surface area contributed by atoms with E-state index in [0.717, 1.165) is 6.92 Å². The van der Waals surface area contributed by atoms with Gasteiger partial charge in [-0.05, 0) is 13.3 Å². The number of rotatable bonds is 7. The Morgan fingerprint density at radius 1 is 1.05 bits per heavy atom. The summed E-state index contributed by atoms with van der Waals surface area (Å²) in [4.78, 5) is 67.5. The lowest BCUT2D eigenvalue weighted by molar-refractivity contribution is -0.147. The molecule has 0 aromatic carbocycles. The molecule has 0 heterocycles. The molecular weight excluding hydrogens is 336 g/mol. The van der Waals surface area contributed by atoms with Crippen LogP contribution in [0.15, 0.2) is 0 Å².